The van der Waals surface area contributed by atoms with E-state index in [0.717, 1.165) is 28.4 Å². The Hall–Kier alpha value is -2.80. The summed E-state index contributed by atoms with van der Waals surface area (Å²) in [6.45, 7) is 1.94. The predicted octanol–water partition coefficient (Wildman–Crippen LogP) is 5.04. The highest BCUT2D eigenvalue weighted by Gasteiger charge is 2.07. The van der Waals surface area contributed by atoms with Gasteiger partial charge in [0.2, 0.25) is 0 Å². The summed E-state index contributed by atoms with van der Waals surface area (Å²) in [7, 11) is 0. The number of rotatable bonds is 3. The normalized spacial score (nSPS) is 10.5. The van der Waals surface area contributed by atoms with Crippen LogP contribution in [0.4, 0.5) is 25.0 Å². The van der Waals surface area contributed by atoms with E-state index < -0.39 is 17.7 Å². The summed E-state index contributed by atoms with van der Waals surface area (Å²) < 4.78 is 26.0. The lowest BCUT2D eigenvalue weighted by Crippen LogP contribution is -2.19. The number of carbonyl (C=O) groups excluding carboxylic acids is 1. The number of aromatic nitrogens is 1. The molecule has 0 aliphatic heterocycles. The van der Waals surface area contributed by atoms with Crippen molar-refractivity contribution in [2.45, 2.75) is 6.92 Å². The van der Waals surface area contributed by atoms with Crippen LogP contribution in [0, 0.1) is 18.6 Å². The number of urea groups is 1. The molecule has 0 spiro atoms. The second kappa shape index (κ2) is 6.76. The highest BCUT2D eigenvalue weighted by atomic mass is 32.1. The van der Waals surface area contributed by atoms with Crippen molar-refractivity contribution in [2.75, 3.05) is 10.6 Å². The first-order chi connectivity index (χ1) is 11.5. The zero-order valence-electron chi connectivity index (χ0n) is 12.6. The zero-order valence-corrected chi connectivity index (χ0v) is 13.5. The molecule has 4 nitrogen and oxygen atoms in total. The average molecular weight is 345 g/mol. The molecule has 24 heavy (non-hydrogen) atoms. The Balaban J connectivity index is 1.65. The van der Waals surface area contributed by atoms with Crippen molar-refractivity contribution >= 4 is 28.7 Å². The van der Waals surface area contributed by atoms with Crippen molar-refractivity contribution in [3.05, 3.63) is 64.5 Å². The van der Waals surface area contributed by atoms with Crippen LogP contribution >= 0.6 is 11.3 Å². The van der Waals surface area contributed by atoms with Gasteiger partial charge in [-0.15, -0.1) is 11.3 Å². The fourth-order valence-corrected chi connectivity index (χ4v) is 2.71. The number of amides is 2. The minimum atomic E-state index is -1.02. The van der Waals surface area contributed by atoms with E-state index in [0.29, 0.717) is 5.69 Å². The van der Waals surface area contributed by atoms with Gasteiger partial charge in [0.05, 0.1) is 10.7 Å². The van der Waals surface area contributed by atoms with Gasteiger partial charge in [-0.1, -0.05) is 12.1 Å². The summed E-state index contributed by atoms with van der Waals surface area (Å²) in [4.78, 5) is 16.3. The molecule has 0 aliphatic rings. The standard InChI is InChI=1S/C17H13F2N3OS/c1-10-20-16(9-24-10)11-2-4-12(5-3-11)21-17(23)22-13-6-7-14(18)15(19)8-13/h2-9H,1H3,(H2,21,22,23). The first kappa shape index (κ1) is 16.1. The molecule has 0 unspecified atom stereocenters. The number of thiazole rings is 1. The minimum Gasteiger partial charge on any atom is -0.308 e. The largest absolute Gasteiger partial charge is 0.323 e. The first-order valence-corrected chi connectivity index (χ1v) is 7.95. The smallest absolute Gasteiger partial charge is 0.308 e. The Labute approximate surface area is 141 Å². The lowest BCUT2D eigenvalue weighted by Gasteiger charge is -2.08. The van der Waals surface area contributed by atoms with Crippen LogP contribution < -0.4 is 10.6 Å². The quantitative estimate of drug-likeness (QED) is 0.699. The van der Waals surface area contributed by atoms with Gasteiger partial charge in [0.15, 0.2) is 11.6 Å². The summed E-state index contributed by atoms with van der Waals surface area (Å²) in [6.07, 6.45) is 0. The molecular weight excluding hydrogens is 332 g/mol. The number of carbonyl (C=O) groups is 1. The maximum atomic E-state index is 13.1. The molecule has 0 atom stereocenters. The van der Waals surface area contributed by atoms with Crippen molar-refractivity contribution in [3.63, 3.8) is 0 Å². The number of nitrogens with zero attached hydrogens (tertiary/aromatic N) is 1. The molecule has 0 radical (unpaired) electrons. The number of nitrogens with one attached hydrogen (secondary N) is 2. The second-order valence-electron chi connectivity index (χ2n) is 5.04. The van der Waals surface area contributed by atoms with Crippen LogP contribution in [0.1, 0.15) is 5.01 Å². The Morgan fingerprint density at radius 1 is 1.00 bits per heavy atom. The highest BCUT2D eigenvalue weighted by Crippen LogP contribution is 2.23. The maximum absolute atomic E-state index is 13.1. The van der Waals surface area contributed by atoms with E-state index in [-0.39, 0.29) is 5.69 Å². The van der Waals surface area contributed by atoms with E-state index in [1.807, 2.05) is 24.4 Å². The summed E-state index contributed by atoms with van der Waals surface area (Å²) >= 11 is 1.57. The van der Waals surface area contributed by atoms with Gasteiger partial charge in [-0.3, -0.25) is 0 Å². The number of aryl methyl sites for hydroxylation is 1. The van der Waals surface area contributed by atoms with E-state index in [2.05, 4.69) is 15.6 Å². The molecule has 0 saturated heterocycles. The van der Waals surface area contributed by atoms with Crippen LogP contribution in [-0.4, -0.2) is 11.0 Å². The highest BCUT2D eigenvalue weighted by molar-refractivity contribution is 7.09. The van der Waals surface area contributed by atoms with E-state index in [1.54, 1.807) is 23.5 Å². The molecule has 1 aromatic heterocycles. The third-order valence-electron chi connectivity index (χ3n) is 3.24. The fraction of sp³-hybridized carbons (Fsp3) is 0.0588. The molecule has 3 aromatic rings. The Bertz CT molecular complexity index is 878. The van der Waals surface area contributed by atoms with Gasteiger partial charge < -0.3 is 10.6 Å². The number of hydrogen-bond donors (Lipinski definition) is 2. The first-order valence-electron chi connectivity index (χ1n) is 7.07. The van der Waals surface area contributed by atoms with Gasteiger partial charge in [-0.05, 0) is 31.2 Å². The lowest BCUT2D eigenvalue weighted by atomic mass is 10.1. The van der Waals surface area contributed by atoms with Crippen molar-refractivity contribution in [3.8, 4) is 11.3 Å². The average Bonchev–Trinajstić information content (AvgIpc) is 2.98. The molecule has 2 N–H and O–H groups in total. The zero-order chi connectivity index (χ0) is 17.1. The topological polar surface area (TPSA) is 54.0 Å². The Morgan fingerprint density at radius 3 is 2.29 bits per heavy atom. The maximum Gasteiger partial charge on any atom is 0.323 e. The molecule has 7 heteroatoms. The molecule has 0 bridgehead atoms. The number of benzene rings is 2. The van der Waals surface area contributed by atoms with E-state index >= 15 is 0 Å². The number of anilines is 2. The molecule has 122 valence electrons. The molecular formula is C17H13F2N3OS. The summed E-state index contributed by atoms with van der Waals surface area (Å²) in [5, 5.41) is 8.02. The van der Waals surface area contributed by atoms with Gasteiger partial charge in [-0.2, -0.15) is 0 Å². The van der Waals surface area contributed by atoms with Gasteiger partial charge in [0, 0.05) is 28.4 Å². The third-order valence-corrected chi connectivity index (χ3v) is 4.01. The minimum absolute atomic E-state index is 0.168. The Morgan fingerprint density at radius 2 is 1.67 bits per heavy atom. The van der Waals surface area contributed by atoms with Crippen molar-refractivity contribution < 1.29 is 13.6 Å². The fourth-order valence-electron chi connectivity index (χ4n) is 2.09. The van der Waals surface area contributed by atoms with Crippen molar-refractivity contribution in [1.82, 2.24) is 4.98 Å². The number of halogens is 2. The van der Waals surface area contributed by atoms with Crippen LogP contribution in [0.15, 0.2) is 47.8 Å². The van der Waals surface area contributed by atoms with Gasteiger partial charge in [0.25, 0.3) is 0 Å². The van der Waals surface area contributed by atoms with Gasteiger partial charge in [0.1, 0.15) is 0 Å². The van der Waals surface area contributed by atoms with Gasteiger partial charge in [-0.25, -0.2) is 18.6 Å². The molecule has 3 rings (SSSR count). The van der Waals surface area contributed by atoms with Crippen molar-refractivity contribution in [1.29, 1.82) is 0 Å². The van der Waals surface area contributed by atoms with Crippen molar-refractivity contribution in [2.24, 2.45) is 0 Å². The van der Waals surface area contributed by atoms with E-state index in [1.165, 1.54) is 6.07 Å². The van der Waals surface area contributed by atoms with E-state index in [9.17, 15) is 13.6 Å². The molecule has 0 saturated carbocycles. The molecule has 2 amide bonds. The van der Waals surface area contributed by atoms with E-state index in [4.69, 9.17) is 0 Å². The third kappa shape index (κ3) is 3.75. The monoisotopic (exact) mass is 345 g/mol. The number of hydrogen-bond acceptors (Lipinski definition) is 3. The summed E-state index contributed by atoms with van der Waals surface area (Å²) in [5.41, 5.74) is 2.58. The van der Waals surface area contributed by atoms with Crippen LogP contribution in [0.3, 0.4) is 0 Å². The van der Waals surface area contributed by atoms with Crippen LogP contribution in [0.5, 0.6) is 0 Å². The van der Waals surface area contributed by atoms with Gasteiger partial charge >= 0.3 is 6.03 Å². The van der Waals surface area contributed by atoms with Crippen LogP contribution in [0.25, 0.3) is 11.3 Å². The molecule has 1 heterocycles. The molecule has 0 fully saturated rings. The predicted molar refractivity (Wildman–Crippen MR) is 91.3 cm³/mol. The second-order valence-corrected chi connectivity index (χ2v) is 6.10. The molecule has 0 aliphatic carbocycles. The summed E-state index contributed by atoms with van der Waals surface area (Å²) in [6, 6.07) is 9.80. The molecule has 2 aromatic carbocycles. The Kier molecular flexibility index (Phi) is 4.52. The van der Waals surface area contributed by atoms with Crippen LogP contribution in [0.2, 0.25) is 0 Å². The van der Waals surface area contributed by atoms with Crippen LogP contribution in [-0.2, 0) is 0 Å². The summed E-state index contributed by atoms with van der Waals surface area (Å²) in [5.74, 6) is -1.98. The SMILES string of the molecule is Cc1nc(-c2ccc(NC(=O)Nc3ccc(F)c(F)c3)cc2)cs1. The lowest BCUT2D eigenvalue weighted by molar-refractivity contribution is 0.262.